The molecule has 1 heterocycles. The summed E-state index contributed by atoms with van der Waals surface area (Å²) in [6.07, 6.45) is -0.839. The molecule has 3 rings (SSSR count). The lowest BCUT2D eigenvalue weighted by atomic mass is 9.70. The van der Waals surface area contributed by atoms with Crippen molar-refractivity contribution in [1.29, 1.82) is 0 Å². The van der Waals surface area contributed by atoms with Crippen LogP contribution in [0.3, 0.4) is 0 Å². The summed E-state index contributed by atoms with van der Waals surface area (Å²) in [6, 6.07) is 17.4. The molecule has 154 valence electrons. The molecule has 0 radical (unpaired) electrons. The molecule has 2 atom stereocenters. The van der Waals surface area contributed by atoms with Crippen LogP contribution in [0, 0.1) is 5.41 Å². The average Bonchev–Trinajstić information content (AvgIpc) is 3.11. The van der Waals surface area contributed by atoms with Crippen molar-refractivity contribution in [2.45, 2.75) is 52.2 Å². The lowest BCUT2D eigenvalue weighted by molar-refractivity contribution is 0.0612. The first-order valence-electron chi connectivity index (χ1n) is 9.83. The van der Waals surface area contributed by atoms with Crippen LogP contribution < -0.4 is 5.32 Å². The Morgan fingerprint density at radius 2 is 1.59 bits per heavy atom. The number of anilines is 1. The van der Waals surface area contributed by atoms with E-state index in [1.165, 1.54) is 11.3 Å². The zero-order chi connectivity index (χ0) is 21.2. The van der Waals surface area contributed by atoms with E-state index in [4.69, 9.17) is 0 Å². The SMILES string of the molecule is CC(C)(C)c1csc(NC(O)C(C)(C)C(c2ccccc2)c2cccc(O)c2)n1. The van der Waals surface area contributed by atoms with E-state index >= 15 is 0 Å². The molecular weight excluding hydrogens is 380 g/mol. The number of nitrogens with one attached hydrogen (secondary N) is 1. The third-order valence-corrected chi connectivity index (χ3v) is 6.09. The molecule has 2 aromatic carbocycles. The molecular formula is C24H30N2O2S. The van der Waals surface area contributed by atoms with Gasteiger partial charge < -0.3 is 15.5 Å². The van der Waals surface area contributed by atoms with Gasteiger partial charge in [-0.3, -0.25) is 0 Å². The quantitative estimate of drug-likeness (QED) is 0.454. The highest BCUT2D eigenvalue weighted by molar-refractivity contribution is 7.13. The zero-order valence-electron chi connectivity index (χ0n) is 17.7. The molecule has 3 aromatic rings. The van der Waals surface area contributed by atoms with Crippen LogP contribution in [0.5, 0.6) is 5.75 Å². The molecule has 0 spiro atoms. The number of rotatable bonds is 6. The molecule has 29 heavy (non-hydrogen) atoms. The van der Waals surface area contributed by atoms with Gasteiger partial charge in [0.25, 0.3) is 0 Å². The van der Waals surface area contributed by atoms with Crippen LogP contribution in [0.15, 0.2) is 60.0 Å². The predicted octanol–water partition coefficient (Wildman–Crippen LogP) is 5.73. The van der Waals surface area contributed by atoms with Gasteiger partial charge >= 0.3 is 0 Å². The van der Waals surface area contributed by atoms with Crippen LogP contribution in [0.1, 0.15) is 57.4 Å². The highest BCUT2D eigenvalue weighted by atomic mass is 32.1. The first-order valence-corrected chi connectivity index (χ1v) is 10.7. The topological polar surface area (TPSA) is 65.4 Å². The van der Waals surface area contributed by atoms with E-state index in [1.807, 2.05) is 49.6 Å². The number of aliphatic hydroxyl groups is 1. The van der Waals surface area contributed by atoms with Crippen molar-refractivity contribution in [2.75, 3.05) is 5.32 Å². The molecule has 0 bridgehead atoms. The van der Waals surface area contributed by atoms with Gasteiger partial charge in [0.15, 0.2) is 5.13 Å². The van der Waals surface area contributed by atoms with E-state index in [9.17, 15) is 10.2 Å². The Labute approximate surface area is 177 Å². The van der Waals surface area contributed by atoms with Gasteiger partial charge in [-0.1, -0.05) is 77.1 Å². The summed E-state index contributed by atoms with van der Waals surface area (Å²) in [6.45, 7) is 10.4. The molecule has 2 unspecified atom stereocenters. The number of phenols is 1. The minimum absolute atomic E-state index is 0.0367. The number of thiazole rings is 1. The Bertz CT molecular complexity index is 945. The van der Waals surface area contributed by atoms with Gasteiger partial charge in [0, 0.05) is 22.1 Å². The Kier molecular flexibility index (Phi) is 6.01. The Hall–Kier alpha value is -2.37. The van der Waals surface area contributed by atoms with Crippen molar-refractivity contribution in [3.05, 3.63) is 76.8 Å². The third kappa shape index (κ3) is 4.80. The summed E-state index contributed by atoms with van der Waals surface area (Å²) < 4.78 is 0. The van der Waals surface area contributed by atoms with E-state index in [2.05, 4.69) is 43.2 Å². The van der Waals surface area contributed by atoms with Gasteiger partial charge in [-0.25, -0.2) is 4.98 Å². The fourth-order valence-corrected chi connectivity index (χ4v) is 4.51. The Morgan fingerprint density at radius 3 is 2.17 bits per heavy atom. The van der Waals surface area contributed by atoms with Crippen molar-refractivity contribution < 1.29 is 10.2 Å². The maximum absolute atomic E-state index is 11.2. The lowest BCUT2D eigenvalue weighted by Crippen LogP contribution is -2.41. The Balaban J connectivity index is 1.94. The molecule has 5 heteroatoms. The molecule has 0 aliphatic carbocycles. The molecule has 4 nitrogen and oxygen atoms in total. The van der Waals surface area contributed by atoms with Crippen LogP contribution in [0.4, 0.5) is 5.13 Å². The third-order valence-electron chi connectivity index (χ3n) is 5.32. The molecule has 0 aliphatic rings. The van der Waals surface area contributed by atoms with Crippen molar-refractivity contribution in [3.8, 4) is 5.75 Å². The molecule has 0 saturated heterocycles. The van der Waals surface area contributed by atoms with E-state index in [-0.39, 0.29) is 17.1 Å². The number of aromatic hydroxyl groups is 1. The highest BCUT2D eigenvalue weighted by Gasteiger charge is 2.39. The van der Waals surface area contributed by atoms with Crippen LogP contribution in [-0.4, -0.2) is 21.4 Å². The van der Waals surface area contributed by atoms with Gasteiger partial charge in [0.2, 0.25) is 0 Å². The molecule has 0 saturated carbocycles. The molecule has 0 fully saturated rings. The number of benzene rings is 2. The second-order valence-electron chi connectivity index (χ2n) is 9.09. The minimum atomic E-state index is -0.839. The fraction of sp³-hybridized carbons (Fsp3) is 0.375. The molecule has 1 aromatic heterocycles. The normalized spacial score (nSPS) is 14.4. The van der Waals surface area contributed by atoms with Crippen LogP contribution >= 0.6 is 11.3 Å². The van der Waals surface area contributed by atoms with Crippen molar-refractivity contribution in [1.82, 2.24) is 4.98 Å². The van der Waals surface area contributed by atoms with Crippen molar-refractivity contribution in [3.63, 3.8) is 0 Å². The summed E-state index contributed by atoms with van der Waals surface area (Å²) in [7, 11) is 0. The number of aromatic nitrogens is 1. The number of hydrogen-bond acceptors (Lipinski definition) is 5. The standard InChI is InChI=1S/C24H30N2O2S/c1-23(2,3)19-15-29-22(25-19)26-21(28)24(4,5)20(16-10-7-6-8-11-16)17-12-9-13-18(27)14-17/h6-15,20-21,27-28H,1-5H3,(H,25,26). The first-order chi connectivity index (χ1) is 13.6. The van der Waals surface area contributed by atoms with Crippen molar-refractivity contribution >= 4 is 16.5 Å². The van der Waals surface area contributed by atoms with Gasteiger partial charge in [-0.05, 0) is 23.3 Å². The van der Waals surface area contributed by atoms with E-state index < -0.39 is 11.6 Å². The summed E-state index contributed by atoms with van der Waals surface area (Å²) in [5.41, 5.74) is 2.42. The second kappa shape index (κ2) is 8.17. The number of phenolic OH excluding ortho intramolecular Hbond substituents is 1. The first kappa shape index (κ1) is 21.3. The average molecular weight is 411 g/mol. The van der Waals surface area contributed by atoms with Gasteiger partial charge in [0.05, 0.1) is 5.69 Å². The maximum atomic E-state index is 11.2. The largest absolute Gasteiger partial charge is 0.508 e. The number of aliphatic hydroxyl groups excluding tert-OH is 1. The summed E-state index contributed by atoms with van der Waals surface area (Å²) in [5.74, 6) is 0.0942. The summed E-state index contributed by atoms with van der Waals surface area (Å²) >= 11 is 1.50. The summed E-state index contributed by atoms with van der Waals surface area (Å²) in [5, 5.41) is 27.2. The van der Waals surface area contributed by atoms with E-state index in [0.29, 0.717) is 5.13 Å². The number of hydrogen-bond donors (Lipinski definition) is 3. The minimum Gasteiger partial charge on any atom is -0.508 e. The maximum Gasteiger partial charge on any atom is 0.184 e. The molecule has 3 N–H and O–H groups in total. The Morgan fingerprint density at radius 1 is 0.931 bits per heavy atom. The van der Waals surface area contributed by atoms with Gasteiger partial charge in [-0.15, -0.1) is 11.3 Å². The van der Waals surface area contributed by atoms with Gasteiger partial charge in [-0.2, -0.15) is 0 Å². The second-order valence-corrected chi connectivity index (χ2v) is 9.95. The van der Waals surface area contributed by atoms with Crippen LogP contribution in [0.25, 0.3) is 0 Å². The van der Waals surface area contributed by atoms with Crippen molar-refractivity contribution in [2.24, 2.45) is 5.41 Å². The highest BCUT2D eigenvalue weighted by Crippen LogP contribution is 2.44. The monoisotopic (exact) mass is 410 g/mol. The zero-order valence-corrected chi connectivity index (χ0v) is 18.5. The number of nitrogens with zero attached hydrogens (tertiary/aromatic N) is 1. The molecule has 0 amide bonds. The summed E-state index contributed by atoms with van der Waals surface area (Å²) in [4.78, 5) is 4.66. The lowest BCUT2D eigenvalue weighted by Gasteiger charge is -2.39. The van der Waals surface area contributed by atoms with Crippen LogP contribution in [0.2, 0.25) is 0 Å². The van der Waals surface area contributed by atoms with Gasteiger partial charge in [0.1, 0.15) is 12.0 Å². The fourth-order valence-electron chi connectivity index (χ4n) is 3.55. The predicted molar refractivity (Wildman–Crippen MR) is 121 cm³/mol. The van der Waals surface area contributed by atoms with E-state index in [0.717, 1.165) is 16.8 Å². The smallest absolute Gasteiger partial charge is 0.184 e. The van der Waals surface area contributed by atoms with E-state index in [1.54, 1.807) is 12.1 Å². The van der Waals surface area contributed by atoms with Crippen LogP contribution in [-0.2, 0) is 5.41 Å². The molecule has 0 aliphatic heterocycles.